The molecule has 1 amide bonds. The number of rotatable bonds is 5. The van der Waals surface area contributed by atoms with E-state index < -0.39 is 35.6 Å². The van der Waals surface area contributed by atoms with Gasteiger partial charge in [0.05, 0.1) is 41.6 Å². The van der Waals surface area contributed by atoms with Crippen LogP contribution in [0.1, 0.15) is 48.8 Å². The highest BCUT2D eigenvalue weighted by Crippen LogP contribution is 2.40. The normalized spacial score (nSPS) is 24.6. The van der Waals surface area contributed by atoms with Crippen molar-refractivity contribution in [1.82, 2.24) is 15.0 Å². The van der Waals surface area contributed by atoms with E-state index in [0.29, 0.717) is 17.7 Å². The van der Waals surface area contributed by atoms with Gasteiger partial charge in [-0.15, -0.1) is 0 Å². The fraction of sp³-hybridized carbons (Fsp3) is 0.333. The molecule has 1 saturated heterocycles. The maximum Gasteiger partial charge on any atom is 0.276 e. The topological polar surface area (TPSA) is 143 Å². The van der Waals surface area contributed by atoms with Gasteiger partial charge in [-0.2, -0.15) is 0 Å². The highest BCUT2D eigenvalue weighted by atomic mass is 19.1. The molecular weight excluding hydrogens is 441 g/mol. The third kappa shape index (κ3) is 4.35. The summed E-state index contributed by atoms with van der Waals surface area (Å²) in [5.74, 6) is -1.20. The molecular formula is C24H26FN5O4. The van der Waals surface area contributed by atoms with Crippen molar-refractivity contribution in [2.75, 3.05) is 11.1 Å². The lowest BCUT2D eigenvalue weighted by Gasteiger charge is -2.45. The van der Waals surface area contributed by atoms with Crippen LogP contribution in [0.3, 0.4) is 0 Å². The number of nitrogens with zero attached hydrogens (tertiary/aromatic N) is 3. The van der Waals surface area contributed by atoms with E-state index in [1.807, 2.05) is 0 Å². The third-order valence-corrected chi connectivity index (χ3v) is 6.25. The minimum atomic E-state index is -1.35. The second kappa shape index (κ2) is 9.41. The molecule has 10 heteroatoms. The number of carbonyl (C=O) groups is 1. The molecule has 4 rings (SSSR count). The van der Waals surface area contributed by atoms with E-state index in [-0.39, 0.29) is 29.2 Å². The Morgan fingerprint density at radius 1 is 1.32 bits per heavy atom. The second-order valence-corrected chi connectivity index (χ2v) is 8.25. The smallest absolute Gasteiger partial charge is 0.276 e. The van der Waals surface area contributed by atoms with E-state index >= 15 is 0 Å². The number of hydrogen-bond acceptors (Lipinski definition) is 8. The summed E-state index contributed by atoms with van der Waals surface area (Å²) in [4.78, 5) is 25.4. The first-order valence-electron chi connectivity index (χ1n) is 10.9. The fourth-order valence-electron chi connectivity index (χ4n) is 4.15. The number of pyridine rings is 3. The fourth-order valence-corrected chi connectivity index (χ4v) is 4.15. The van der Waals surface area contributed by atoms with Gasteiger partial charge in [0.15, 0.2) is 11.5 Å². The van der Waals surface area contributed by atoms with E-state index in [1.54, 1.807) is 26.1 Å². The molecule has 5 N–H and O–H groups in total. The summed E-state index contributed by atoms with van der Waals surface area (Å²) in [5, 5.41) is 24.0. The van der Waals surface area contributed by atoms with Gasteiger partial charge in [-0.1, -0.05) is 6.92 Å². The lowest BCUT2D eigenvalue weighted by atomic mass is 9.81. The van der Waals surface area contributed by atoms with Gasteiger partial charge in [-0.05, 0) is 43.7 Å². The summed E-state index contributed by atoms with van der Waals surface area (Å²) in [5.41, 5.74) is 5.72. The molecule has 0 aromatic carbocycles. The predicted molar refractivity (Wildman–Crippen MR) is 123 cm³/mol. The van der Waals surface area contributed by atoms with Gasteiger partial charge < -0.3 is 26.0 Å². The first-order valence-corrected chi connectivity index (χ1v) is 10.9. The number of nitrogen functional groups attached to an aromatic ring is 1. The number of amides is 1. The average molecular weight is 468 g/mol. The molecule has 0 bridgehead atoms. The number of halogens is 1. The van der Waals surface area contributed by atoms with E-state index in [2.05, 4.69) is 20.3 Å². The standard InChI is InChI=1S/C24H26FN5O4/c1-3-24(33)13(2)34-19(11-20(24)31)14-8-10-27-12-18(14)30-23(32)22-16(26)6-7-17(29-22)21-15(25)5-4-9-28-21/h4-10,12-13,19-20,31,33H,3,11,26H2,1-2H3,(H,30,32). The maximum absolute atomic E-state index is 14.2. The Kier molecular flexibility index (Phi) is 6.56. The van der Waals surface area contributed by atoms with Gasteiger partial charge >= 0.3 is 0 Å². The molecule has 0 saturated carbocycles. The lowest BCUT2D eigenvalue weighted by Crippen LogP contribution is -2.56. The van der Waals surface area contributed by atoms with E-state index in [9.17, 15) is 19.4 Å². The van der Waals surface area contributed by atoms with Crippen LogP contribution in [0.2, 0.25) is 0 Å². The largest absolute Gasteiger partial charge is 0.397 e. The summed E-state index contributed by atoms with van der Waals surface area (Å²) >= 11 is 0. The minimum absolute atomic E-state index is 0.000564. The van der Waals surface area contributed by atoms with Crippen LogP contribution in [0, 0.1) is 5.82 Å². The molecule has 4 unspecified atom stereocenters. The monoisotopic (exact) mass is 467 g/mol. The molecule has 178 valence electrons. The molecule has 1 aliphatic rings. The molecule has 34 heavy (non-hydrogen) atoms. The Labute approximate surface area is 195 Å². The summed E-state index contributed by atoms with van der Waals surface area (Å²) < 4.78 is 20.2. The highest BCUT2D eigenvalue weighted by molar-refractivity contribution is 6.06. The first-order chi connectivity index (χ1) is 16.2. The molecule has 9 nitrogen and oxygen atoms in total. The third-order valence-electron chi connectivity index (χ3n) is 6.25. The molecule has 0 radical (unpaired) electrons. The van der Waals surface area contributed by atoms with Gasteiger partial charge in [-0.3, -0.25) is 14.8 Å². The molecule has 4 atom stereocenters. The van der Waals surface area contributed by atoms with Crippen molar-refractivity contribution in [3.8, 4) is 11.4 Å². The van der Waals surface area contributed by atoms with Crippen LogP contribution >= 0.6 is 0 Å². The van der Waals surface area contributed by atoms with Crippen molar-refractivity contribution in [2.45, 2.75) is 50.6 Å². The van der Waals surface area contributed by atoms with Crippen LogP contribution in [0.25, 0.3) is 11.4 Å². The van der Waals surface area contributed by atoms with Gasteiger partial charge in [0, 0.05) is 24.4 Å². The van der Waals surface area contributed by atoms with Crippen molar-refractivity contribution in [3.63, 3.8) is 0 Å². The molecule has 0 spiro atoms. The van der Waals surface area contributed by atoms with Crippen LogP contribution in [-0.2, 0) is 4.74 Å². The summed E-state index contributed by atoms with van der Waals surface area (Å²) in [6.07, 6.45) is 2.66. The first kappa shape index (κ1) is 23.7. The van der Waals surface area contributed by atoms with Crippen molar-refractivity contribution >= 4 is 17.3 Å². The molecule has 4 heterocycles. The Bertz CT molecular complexity index is 1200. The van der Waals surface area contributed by atoms with E-state index in [4.69, 9.17) is 10.5 Å². The number of aliphatic hydroxyl groups excluding tert-OH is 1. The van der Waals surface area contributed by atoms with Crippen LogP contribution in [0.5, 0.6) is 0 Å². The SMILES string of the molecule is CCC1(O)C(O)CC(c2ccncc2NC(=O)c2nc(-c3ncccc3F)ccc2N)OC1C. The Hall–Kier alpha value is -3.47. The zero-order valence-electron chi connectivity index (χ0n) is 18.8. The summed E-state index contributed by atoms with van der Waals surface area (Å²) in [7, 11) is 0. The Morgan fingerprint density at radius 2 is 2.12 bits per heavy atom. The number of nitrogens with two attached hydrogens (primary N) is 1. The number of aromatic nitrogens is 3. The van der Waals surface area contributed by atoms with E-state index in [1.165, 1.54) is 36.7 Å². The lowest BCUT2D eigenvalue weighted by molar-refractivity contribution is -0.224. The quantitative estimate of drug-likeness (QED) is 0.448. The van der Waals surface area contributed by atoms with Crippen molar-refractivity contribution < 1.29 is 24.1 Å². The Balaban J connectivity index is 1.61. The van der Waals surface area contributed by atoms with Gasteiger partial charge in [0.1, 0.15) is 11.3 Å². The van der Waals surface area contributed by atoms with Crippen LogP contribution in [0.15, 0.2) is 48.9 Å². The van der Waals surface area contributed by atoms with Gasteiger partial charge in [0.2, 0.25) is 0 Å². The van der Waals surface area contributed by atoms with E-state index in [0.717, 1.165) is 0 Å². The van der Waals surface area contributed by atoms with Crippen LogP contribution in [0.4, 0.5) is 15.8 Å². The average Bonchev–Trinajstić information content (AvgIpc) is 2.83. The summed E-state index contributed by atoms with van der Waals surface area (Å²) in [6.45, 7) is 3.48. The maximum atomic E-state index is 14.2. The highest BCUT2D eigenvalue weighted by Gasteiger charge is 2.47. The molecule has 3 aromatic heterocycles. The van der Waals surface area contributed by atoms with Crippen LogP contribution in [-0.4, -0.2) is 48.9 Å². The molecule has 3 aromatic rings. The number of nitrogens with one attached hydrogen (secondary N) is 1. The van der Waals surface area contributed by atoms with Gasteiger partial charge in [0.25, 0.3) is 5.91 Å². The van der Waals surface area contributed by atoms with Crippen molar-refractivity contribution in [3.05, 3.63) is 66.0 Å². The number of ether oxygens (including phenoxy) is 1. The van der Waals surface area contributed by atoms with Crippen LogP contribution < -0.4 is 11.1 Å². The number of hydrogen-bond donors (Lipinski definition) is 4. The van der Waals surface area contributed by atoms with Crippen molar-refractivity contribution in [1.29, 1.82) is 0 Å². The predicted octanol–water partition coefficient (Wildman–Crippen LogP) is 2.86. The van der Waals surface area contributed by atoms with Gasteiger partial charge in [-0.25, -0.2) is 9.37 Å². The summed E-state index contributed by atoms with van der Waals surface area (Å²) in [6, 6.07) is 7.33. The molecule has 1 fully saturated rings. The number of aliphatic hydroxyl groups is 2. The molecule has 0 aliphatic carbocycles. The van der Waals surface area contributed by atoms with Crippen molar-refractivity contribution in [2.24, 2.45) is 0 Å². The number of carbonyl (C=O) groups excluding carboxylic acids is 1. The minimum Gasteiger partial charge on any atom is -0.397 e. The molecule has 1 aliphatic heterocycles. The second-order valence-electron chi connectivity index (χ2n) is 8.25. The Morgan fingerprint density at radius 3 is 2.82 bits per heavy atom. The number of anilines is 2. The zero-order chi connectivity index (χ0) is 24.5. The zero-order valence-corrected chi connectivity index (χ0v) is 18.8.